The predicted octanol–water partition coefficient (Wildman–Crippen LogP) is 9.89. The first-order chi connectivity index (χ1) is 16.4. The summed E-state index contributed by atoms with van der Waals surface area (Å²) in [6.45, 7) is 4.49. The monoisotopic (exact) mass is 478 g/mol. The van der Waals surface area contributed by atoms with Gasteiger partial charge in [-0.1, -0.05) is 52.0 Å². The van der Waals surface area contributed by atoms with Crippen molar-refractivity contribution in [1.82, 2.24) is 0 Å². The number of ether oxygens (including phenoxy) is 1. The maximum Gasteiger partial charge on any atom is 0.400 e. The van der Waals surface area contributed by atoms with E-state index < -0.39 is 17.8 Å². The highest BCUT2D eigenvalue weighted by atomic mass is 19.3. The van der Waals surface area contributed by atoms with Gasteiger partial charge in [-0.05, 0) is 111 Å². The third-order valence-corrected chi connectivity index (χ3v) is 9.60. The molecule has 0 radical (unpaired) electrons. The number of benzene rings is 1. The van der Waals surface area contributed by atoms with E-state index in [4.69, 9.17) is 4.74 Å². The molecular formula is C30H45F3O. The smallest absolute Gasteiger partial charge is 0.400 e. The zero-order valence-corrected chi connectivity index (χ0v) is 21.3. The van der Waals surface area contributed by atoms with Gasteiger partial charge in [-0.25, -0.2) is 4.39 Å². The summed E-state index contributed by atoms with van der Waals surface area (Å²) >= 11 is 0. The zero-order valence-electron chi connectivity index (χ0n) is 21.3. The first-order valence-electron chi connectivity index (χ1n) is 14.3. The molecule has 0 saturated heterocycles. The van der Waals surface area contributed by atoms with Crippen molar-refractivity contribution in [2.45, 2.75) is 122 Å². The number of hydrogen-bond donors (Lipinski definition) is 0. The molecule has 0 aromatic heterocycles. The molecule has 1 aromatic rings. The molecule has 0 spiro atoms. The molecule has 3 aliphatic carbocycles. The Morgan fingerprint density at radius 3 is 1.94 bits per heavy atom. The number of halogens is 3. The van der Waals surface area contributed by atoms with Crippen LogP contribution in [0, 0.1) is 35.4 Å². The standard InChI is InChI=1S/C30H45F3O/c1-3-5-22-8-12-25(13-9-22)26-16-19-29(28(31)20-26)34-30(32,33)27-17-14-24(15-18-27)23-10-6-21(4-2)7-11-23/h16,19-25,27H,3-15,17-18H2,1-2H3. The summed E-state index contributed by atoms with van der Waals surface area (Å²) in [6.07, 6.45) is 12.7. The molecule has 0 aliphatic heterocycles. The van der Waals surface area contributed by atoms with Gasteiger partial charge in [-0.3, -0.25) is 0 Å². The molecule has 0 amide bonds. The van der Waals surface area contributed by atoms with Crippen molar-refractivity contribution in [3.8, 4) is 5.75 Å². The third-order valence-electron chi connectivity index (χ3n) is 9.60. The average molecular weight is 479 g/mol. The lowest BCUT2D eigenvalue weighted by Gasteiger charge is -2.39. The van der Waals surface area contributed by atoms with Crippen LogP contribution in [0.2, 0.25) is 0 Å². The minimum absolute atomic E-state index is 0.298. The van der Waals surface area contributed by atoms with E-state index in [1.165, 1.54) is 69.9 Å². The Balaban J connectivity index is 1.28. The molecule has 3 aliphatic rings. The summed E-state index contributed by atoms with van der Waals surface area (Å²) in [5, 5.41) is 0. The maximum absolute atomic E-state index is 15.0. The molecule has 1 aromatic carbocycles. The van der Waals surface area contributed by atoms with E-state index in [1.807, 2.05) is 6.07 Å². The highest BCUT2D eigenvalue weighted by molar-refractivity contribution is 5.32. The summed E-state index contributed by atoms with van der Waals surface area (Å²) in [4.78, 5) is 0. The topological polar surface area (TPSA) is 9.23 Å². The van der Waals surface area contributed by atoms with Crippen LogP contribution in [0.1, 0.15) is 122 Å². The Labute approximate surface area is 205 Å². The normalized spacial score (nSPS) is 33.0. The van der Waals surface area contributed by atoms with Crippen LogP contribution in [0.25, 0.3) is 0 Å². The van der Waals surface area contributed by atoms with Crippen LogP contribution in [0.15, 0.2) is 18.2 Å². The predicted molar refractivity (Wildman–Crippen MR) is 133 cm³/mol. The Hall–Kier alpha value is -1.19. The number of hydrogen-bond acceptors (Lipinski definition) is 1. The van der Waals surface area contributed by atoms with Crippen molar-refractivity contribution >= 4 is 0 Å². The van der Waals surface area contributed by atoms with Gasteiger partial charge in [-0.15, -0.1) is 0 Å². The summed E-state index contributed by atoms with van der Waals surface area (Å²) < 4.78 is 49.9. The molecule has 3 saturated carbocycles. The van der Waals surface area contributed by atoms with Crippen molar-refractivity contribution in [2.75, 3.05) is 0 Å². The van der Waals surface area contributed by atoms with E-state index in [-0.39, 0.29) is 5.75 Å². The summed E-state index contributed by atoms with van der Waals surface area (Å²) in [5.74, 6) is 1.51. The molecule has 4 rings (SSSR count). The highest BCUT2D eigenvalue weighted by Gasteiger charge is 2.45. The third kappa shape index (κ3) is 6.32. The van der Waals surface area contributed by atoms with Crippen LogP contribution in [0.3, 0.4) is 0 Å². The first-order valence-corrected chi connectivity index (χ1v) is 14.3. The van der Waals surface area contributed by atoms with Crippen LogP contribution >= 0.6 is 0 Å². The molecule has 3 fully saturated rings. The Kier molecular flexibility index (Phi) is 8.91. The molecule has 192 valence electrons. The maximum atomic E-state index is 15.0. The van der Waals surface area contributed by atoms with Crippen LogP contribution in [-0.4, -0.2) is 6.11 Å². The van der Waals surface area contributed by atoms with Gasteiger partial charge in [0, 0.05) is 0 Å². The SMILES string of the molecule is CCCC1CCC(c2ccc(OC(F)(F)C3CCC(C4CCC(CC)CC4)CC3)c(F)c2)CC1. The van der Waals surface area contributed by atoms with E-state index >= 15 is 8.78 Å². The van der Waals surface area contributed by atoms with Crippen molar-refractivity contribution in [2.24, 2.45) is 29.6 Å². The second-order valence-electron chi connectivity index (χ2n) is 11.7. The van der Waals surface area contributed by atoms with Gasteiger partial charge in [0.05, 0.1) is 5.92 Å². The lowest BCUT2D eigenvalue weighted by atomic mass is 9.69. The molecule has 1 nitrogen and oxygen atoms in total. The largest absolute Gasteiger partial charge is 0.429 e. The van der Waals surface area contributed by atoms with E-state index in [2.05, 4.69) is 13.8 Å². The summed E-state index contributed by atoms with van der Waals surface area (Å²) in [7, 11) is 0. The molecule has 0 bridgehead atoms. The average Bonchev–Trinajstić information content (AvgIpc) is 2.86. The van der Waals surface area contributed by atoms with Gasteiger partial charge in [0.25, 0.3) is 0 Å². The van der Waals surface area contributed by atoms with Crippen LogP contribution in [0.5, 0.6) is 5.75 Å². The summed E-state index contributed by atoms with van der Waals surface area (Å²) in [5.41, 5.74) is 0.932. The second kappa shape index (κ2) is 11.7. The van der Waals surface area contributed by atoms with Gasteiger partial charge in [0.2, 0.25) is 0 Å². The Bertz CT molecular complexity index is 754. The summed E-state index contributed by atoms with van der Waals surface area (Å²) in [6, 6.07) is 4.69. The lowest BCUT2D eigenvalue weighted by Crippen LogP contribution is -2.38. The minimum Gasteiger partial charge on any atom is -0.429 e. The lowest BCUT2D eigenvalue weighted by molar-refractivity contribution is -0.225. The van der Waals surface area contributed by atoms with Gasteiger partial charge in [-0.2, -0.15) is 8.78 Å². The second-order valence-corrected chi connectivity index (χ2v) is 11.7. The van der Waals surface area contributed by atoms with Gasteiger partial charge < -0.3 is 4.74 Å². The van der Waals surface area contributed by atoms with E-state index in [1.54, 1.807) is 0 Å². The zero-order chi connectivity index (χ0) is 24.1. The number of alkyl halides is 2. The van der Waals surface area contributed by atoms with Crippen LogP contribution in [-0.2, 0) is 0 Å². The molecule has 34 heavy (non-hydrogen) atoms. The van der Waals surface area contributed by atoms with E-state index in [0.29, 0.717) is 30.6 Å². The van der Waals surface area contributed by atoms with Crippen molar-refractivity contribution in [3.63, 3.8) is 0 Å². The number of rotatable bonds is 8. The van der Waals surface area contributed by atoms with Crippen molar-refractivity contribution < 1.29 is 17.9 Å². The van der Waals surface area contributed by atoms with Crippen LogP contribution in [0.4, 0.5) is 13.2 Å². The van der Waals surface area contributed by atoms with E-state index in [9.17, 15) is 4.39 Å². The highest BCUT2D eigenvalue weighted by Crippen LogP contribution is 2.46. The fraction of sp³-hybridized carbons (Fsp3) is 0.800. The fourth-order valence-corrected chi connectivity index (χ4v) is 7.27. The van der Waals surface area contributed by atoms with Crippen molar-refractivity contribution in [1.29, 1.82) is 0 Å². The Morgan fingerprint density at radius 1 is 0.794 bits per heavy atom. The molecule has 0 N–H and O–H groups in total. The quantitative estimate of drug-likeness (QED) is 0.361. The Morgan fingerprint density at radius 2 is 1.38 bits per heavy atom. The first kappa shape index (κ1) is 25.9. The van der Waals surface area contributed by atoms with Crippen LogP contribution < -0.4 is 4.74 Å². The van der Waals surface area contributed by atoms with Crippen molar-refractivity contribution in [3.05, 3.63) is 29.6 Å². The molecule has 4 heteroatoms. The molecular weight excluding hydrogens is 433 g/mol. The molecule has 0 atom stereocenters. The van der Waals surface area contributed by atoms with E-state index in [0.717, 1.165) is 43.1 Å². The fourth-order valence-electron chi connectivity index (χ4n) is 7.27. The minimum atomic E-state index is -3.31. The van der Waals surface area contributed by atoms with Gasteiger partial charge in [0.15, 0.2) is 11.6 Å². The van der Waals surface area contributed by atoms with Gasteiger partial charge in [0.1, 0.15) is 0 Å². The molecule has 0 heterocycles. The molecule has 0 unspecified atom stereocenters. The van der Waals surface area contributed by atoms with Gasteiger partial charge >= 0.3 is 6.11 Å².